The number of hydrogen-bond acceptors (Lipinski definition) is 5. The van der Waals surface area contributed by atoms with Crippen molar-refractivity contribution in [3.63, 3.8) is 0 Å². The van der Waals surface area contributed by atoms with E-state index in [1.54, 1.807) is 0 Å². The lowest BCUT2D eigenvalue weighted by molar-refractivity contribution is -0.123. The molecule has 2 aliphatic heterocycles. The highest BCUT2D eigenvalue weighted by atomic mass is 16.3. The van der Waals surface area contributed by atoms with Crippen LogP contribution in [0, 0.1) is 12.8 Å². The third kappa shape index (κ3) is 4.56. The number of amides is 1. The normalized spacial score (nSPS) is 26.5. The number of hydrogen-bond donors (Lipinski definition) is 3. The minimum absolute atomic E-state index is 0.0232. The molecule has 0 radical (unpaired) electrons. The van der Waals surface area contributed by atoms with Gasteiger partial charge in [0.05, 0.1) is 18.7 Å². The number of rotatable bonds is 5. The van der Waals surface area contributed by atoms with E-state index in [0.29, 0.717) is 18.9 Å². The number of furan rings is 1. The first-order valence-electron chi connectivity index (χ1n) is 8.57. The average molecular weight is 321 g/mol. The van der Waals surface area contributed by atoms with Crippen molar-refractivity contribution in [2.24, 2.45) is 5.92 Å². The van der Waals surface area contributed by atoms with E-state index >= 15 is 0 Å². The van der Waals surface area contributed by atoms with Gasteiger partial charge in [-0.3, -0.25) is 9.69 Å². The molecule has 0 aromatic carbocycles. The number of nitrogens with zero attached hydrogens (tertiary/aromatic N) is 1. The van der Waals surface area contributed by atoms with Crippen molar-refractivity contribution in [2.75, 3.05) is 26.2 Å². The van der Waals surface area contributed by atoms with Gasteiger partial charge < -0.3 is 20.2 Å². The van der Waals surface area contributed by atoms with Crippen molar-refractivity contribution in [2.45, 2.75) is 44.9 Å². The van der Waals surface area contributed by atoms with Crippen LogP contribution in [0.1, 0.15) is 30.8 Å². The van der Waals surface area contributed by atoms with Gasteiger partial charge >= 0.3 is 0 Å². The van der Waals surface area contributed by atoms with Crippen LogP contribution in [-0.4, -0.2) is 54.2 Å². The fourth-order valence-electron chi connectivity index (χ4n) is 3.42. The number of aliphatic hydroxyl groups is 1. The fraction of sp³-hybridized carbons (Fsp3) is 0.706. The monoisotopic (exact) mass is 321 g/mol. The summed E-state index contributed by atoms with van der Waals surface area (Å²) in [6, 6.07) is 3.82. The fourth-order valence-corrected chi connectivity index (χ4v) is 3.42. The minimum Gasteiger partial charge on any atom is -0.465 e. The molecule has 6 nitrogen and oxygen atoms in total. The Labute approximate surface area is 137 Å². The molecule has 128 valence electrons. The van der Waals surface area contributed by atoms with E-state index in [2.05, 4.69) is 15.5 Å². The van der Waals surface area contributed by atoms with E-state index in [-0.39, 0.29) is 18.1 Å². The molecular formula is C17H27N3O3. The van der Waals surface area contributed by atoms with Gasteiger partial charge in [-0.15, -0.1) is 0 Å². The Bertz CT molecular complexity index is 523. The predicted octanol–water partition coefficient (Wildman–Crippen LogP) is 0.639. The molecule has 0 unspecified atom stereocenters. The maximum Gasteiger partial charge on any atom is 0.237 e. The molecule has 0 bridgehead atoms. The van der Waals surface area contributed by atoms with Crippen molar-refractivity contribution < 1.29 is 14.3 Å². The average Bonchev–Trinajstić information content (AvgIpc) is 3.15. The molecule has 3 heterocycles. The summed E-state index contributed by atoms with van der Waals surface area (Å²) >= 11 is 0. The number of aryl methyl sites for hydroxylation is 1. The highest BCUT2D eigenvalue weighted by Gasteiger charge is 2.28. The summed E-state index contributed by atoms with van der Waals surface area (Å²) in [5, 5.41) is 15.5. The van der Waals surface area contributed by atoms with Crippen LogP contribution in [0.4, 0.5) is 0 Å². The molecule has 2 saturated heterocycles. The van der Waals surface area contributed by atoms with Gasteiger partial charge in [-0.25, -0.2) is 0 Å². The molecule has 2 aliphatic rings. The predicted molar refractivity (Wildman–Crippen MR) is 86.9 cm³/mol. The molecule has 1 aromatic rings. The number of likely N-dealkylation sites (tertiary alicyclic amines) is 1. The van der Waals surface area contributed by atoms with Gasteiger partial charge in [0.1, 0.15) is 11.5 Å². The molecule has 6 heteroatoms. The lowest BCUT2D eigenvalue weighted by Crippen LogP contribution is -2.44. The standard InChI is InChI=1S/C17H27N3O3/c1-12-2-3-15(23-12)11-20-6-4-13(5-7-20)9-19-17(22)16-8-14(21)10-18-16/h2-3,13-14,16,18,21H,4-11H2,1H3,(H,19,22)/t14-,16+/m1/s1. The van der Waals surface area contributed by atoms with Crippen LogP contribution < -0.4 is 10.6 Å². The quantitative estimate of drug-likeness (QED) is 0.742. The molecule has 3 N–H and O–H groups in total. The van der Waals surface area contributed by atoms with Crippen LogP contribution in [0.15, 0.2) is 16.5 Å². The molecule has 2 fully saturated rings. The summed E-state index contributed by atoms with van der Waals surface area (Å²) in [6.07, 6.45) is 2.33. The van der Waals surface area contributed by atoms with Gasteiger partial charge in [-0.05, 0) is 57.3 Å². The summed E-state index contributed by atoms with van der Waals surface area (Å²) in [4.78, 5) is 14.4. The number of carbonyl (C=O) groups excluding carboxylic acids is 1. The Balaban J connectivity index is 1.35. The smallest absolute Gasteiger partial charge is 0.237 e. The van der Waals surface area contributed by atoms with Crippen LogP contribution in [0.2, 0.25) is 0 Å². The first-order valence-corrected chi connectivity index (χ1v) is 8.57. The maximum absolute atomic E-state index is 12.0. The van der Waals surface area contributed by atoms with Crippen molar-refractivity contribution in [3.8, 4) is 0 Å². The second-order valence-electron chi connectivity index (χ2n) is 6.83. The Morgan fingerprint density at radius 2 is 2.22 bits per heavy atom. The second kappa shape index (κ2) is 7.47. The first-order chi connectivity index (χ1) is 11.1. The molecule has 0 spiro atoms. The van der Waals surface area contributed by atoms with Gasteiger partial charge in [0.25, 0.3) is 0 Å². The van der Waals surface area contributed by atoms with Crippen molar-refractivity contribution >= 4 is 5.91 Å². The van der Waals surface area contributed by atoms with Gasteiger partial charge in [0.15, 0.2) is 0 Å². The number of β-amino-alcohol motifs (C(OH)–C–C–N with tert-alkyl or cyclic N) is 1. The summed E-state index contributed by atoms with van der Waals surface area (Å²) in [5.41, 5.74) is 0. The van der Waals surface area contributed by atoms with Gasteiger partial charge in [-0.2, -0.15) is 0 Å². The van der Waals surface area contributed by atoms with E-state index in [4.69, 9.17) is 4.42 Å². The summed E-state index contributed by atoms with van der Waals surface area (Å²) in [5.74, 6) is 2.55. The zero-order chi connectivity index (χ0) is 16.2. The Kier molecular flexibility index (Phi) is 5.35. The van der Waals surface area contributed by atoms with E-state index in [1.165, 1.54) is 0 Å². The zero-order valence-electron chi connectivity index (χ0n) is 13.8. The highest BCUT2D eigenvalue weighted by molar-refractivity contribution is 5.82. The van der Waals surface area contributed by atoms with Crippen LogP contribution >= 0.6 is 0 Å². The van der Waals surface area contributed by atoms with Crippen molar-refractivity contribution in [3.05, 3.63) is 23.7 Å². The maximum atomic E-state index is 12.0. The number of nitrogens with one attached hydrogen (secondary N) is 2. The number of piperidine rings is 1. The SMILES string of the molecule is Cc1ccc(CN2CCC(CNC(=O)[C@@H]3C[C@@H](O)CN3)CC2)o1. The molecule has 2 atom stereocenters. The third-order valence-electron chi connectivity index (χ3n) is 4.87. The largest absolute Gasteiger partial charge is 0.465 e. The first kappa shape index (κ1) is 16.5. The van der Waals surface area contributed by atoms with Crippen LogP contribution in [0.5, 0.6) is 0 Å². The van der Waals surface area contributed by atoms with E-state index in [0.717, 1.165) is 50.5 Å². The summed E-state index contributed by atoms with van der Waals surface area (Å²) in [6.45, 7) is 6.18. The summed E-state index contributed by atoms with van der Waals surface area (Å²) in [7, 11) is 0. The highest BCUT2D eigenvalue weighted by Crippen LogP contribution is 2.19. The number of aliphatic hydroxyl groups excluding tert-OH is 1. The second-order valence-corrected chi connectivity index (χ2v) is 6.83. The lowest BCUT2D eigenvalue weighted by Gasteiger charge is -2.31. The Hall–Kier alpha value is -1.37. The summed E-state index contributed by atoms with van der Waals surface area (Å²) < 4.78 is 5.63. The minimum atomic E-state index is -0.390. The van der Waals surface area contributed by atoms with E-state index < -0.39 is 0 Å². The molecule has 1 aromatic heterocycles. The van der Waals surface area contributed by atoms with E-state index in [9.17, 15) is 9.90 Å². The molecule has 0 saturated carbocycles. The Morgan fingerprint density at radius 3 is 2.83 bits per heavy atom. The van der Waals surface area contributed by atoms with Gasteiger partial charge in [-0.1, -0.05) is 0 Å². The Morgan fingerprint density at radius 1 is 1.43 bits per heavy atom. The lowest BCUT2D eigenvalue weighted by atomic mass is 9.96. The van der Waals surface area contributed by atoms with Crippen molar-refractivity contribution in [1.82, 2.24) is 15.5 Å². The topological polar surface area (TPSA) is 77.7 Å². The van der Waals surface area contributed by atoms with Gasteiger partial charge in [0, 0.05) is 13.1 Å². The number of carbonyl (C=O) groups is 1. The molecule has 3 rings (SSSR count). The van der Waals surface area contributed by atoms with Crippen LogP contribution in [0.25, 0.3) is 0 Å². The molecular weight excluding hydrogens is 294 g/mol. The molecule has 23 heavy (non-hydrogen) atoms. The van der Waals surface area contributed by atoms with Crippen molar-refractivity contribution in [1.29, 1.82) is 0 Å². The van der Waals surface area contributed by atoms with Crippen LogP contribution in [0.3, 0.4) is 0 Å². The third-order valence-corrected chi connectivity index (χ3v) is 4.87. The molecule has 0 aliphatic carbocycles. The van der Waals surface area contributed by atoms with Crippen LogP contribution in [-0.2, 0) is 11.3 Å². The zero-order valence-corrected chi connectivity index (χ0v) is 13.8. The van der Waals surface area contributed by atoms with Gasteiger partial charge in [0.2, 0.25) is 5.91 Å². The van der Waals surface area contributed by atoms with E-state index in [1.807, 2.05) is 19.1 Å². The molecule has 1 amide bonds.